The van der Waals surface area contributed by atoms with Crippen molar-refractivity contribution in [2.24, 2.45) is 7.05 Å². The molecule has 7 heteroatoms. The van der Waals surface area contributed by atoms with Crippen LogP contribution in [0.5, 0.6) is 5.75 Å². The normalized spacial score (nSPS) is 18.0. The fraction of sp³-hybridized carbons (Fsp3) is 0.500. The Kier molecular flexibility index (Phi) is 5.15. The molecule has 6 nitrogen and oxygen atoms in total. The van der Waals surface area contributed by atoms with E-state index in [1.807, 2.05) is 36.0 Å². The van der Waals surface area contributed by atoms with Crippen molar-refractivity contribution >= 4 is 11.6 Å². The number of methoxy groups -OCH3 is 1. The van der Waals surface area contributed by atoms with Gasteiger partial charge in [-0.25, -0.2) is 0 Å². The monoisotopic (exact) mass is 336 g/mol. The number of benzene rings is 1. The molecule has 0 fully saturated rings. The number of hydrogen-bond acceptors (Lipinski definition) is 5. The Bertz CT molecular complexity index is 644. The van der Waals surface area contributed by atoms with E-state index in [9.17, 15) is 0 Å². The fourth-order valence-corrected chi connectivity index (χ4v) is 3.07. The van der Waals surface area contributed by atoms with Gasteiger partial charge in [0.05, 0.1) is 18.3 Å². The highest BCUT2D eigenvalue weighted by atomic mass is 35.5. The van der Waals surface area contributed by atoms with Crippen LogP contribution in [0, 0.1) is 0 Å². The van der Waals surface area contributed by atoms with Crippen LogP contribution in [0.3, 0.4) is 0 Å². The summed E-state index contributed by atoms with van der Waals surface area (Å²) in [6.07, 6.45) is 0.944. The lowest BCUT2D eigenvalue weighted by atomic mass is 10.0. The van der Waals surface area contributed by atoms with Crippen LogP contribution in [0.4, 0.5) is 0 Å². The predicted molar refractivity (Wildman–Crippen MR) is 87.8 cm³/mol. The molecule has 0 aliphatic carbocycles. The number of fused-ring (bicyclic) bond motifs is 1. The lowest BCUT2D eigenvalue weighted by molar-refractivity contribution is 0.0701. The highest BCUT2D eigenvalue weighted by Crippen LogP contribution is 2.27. The van der Waals surface area contributed by atoms with E-state index in [1.54, 1.807) is 7.11 Å². The van der Waals surface area contributed by atoms with Crippen LogP contribution in [0.15, 0.2) is 24.3 Å². The molecule has 1 atom stereocenters. The summed E-state index contributed by atoms with van der Waals surface area (Å²) >= 11 is 5.88. The minimum atomic E-state index is 0.131. The largest absolute Gasteiger partial charge is 0.492 e. The smallest absolute Gasteiger partial charge is 0.119 e. The summed E-state index contributed by atoms with van der Waals surface area (Å²) in [6.45, 7) is 2.98. The molecule has 0 N–H and O–H groups in total. The minimum Gasteiger partial charge on any atom is -0.492 e. The van der Waals surface area contributed by atoms with Crippen molar-refractivity contribution in [3.8, 4) is 5.75 Å². The third-order valence-electron chi connectivity index (χ3n) is 4.15. The first-order valence-corrected chi connectivity index (χ1v) is 8.06. The summed E-state index contributed by atoms with van der Waals surface area (Å²) in [4.78, 5) is 2.34. The van der Waals surface area contributed by atoms with Gasteiger partial charge in [0.1, 0.15) is 18.1 Å². The van der Waals surface area contributed by atoms with E-state index in [1.165, 1.54) is 5.69 Å². The molecule has 0 radical (unpaired) electrons. The molecule has 0 bridgehead atoms. The maximum atomic E-state index is 5.88. The van der Waals surface area contributed by atoms with Gasteiger partial charge in [0.2, 0.25) is 0 Å². The van der Waals surface area contributed by atoms with Crippen LogP contribution in [0.25, 0.3) is 0 Å². The van der Waals surface area contributed by atoms with Crippen LogP contribution >= 0.6 is 11.6 Å². The average molecular weight is 337 g/mol. The van der Waals surface area contributed by atoms with Gasteiger partial charge in [-0.15, -0.1) is 5.10 Å². The Morgan fingerprint density at radius 2 is 2.09 bits per heavy atom. The Morgan fingerprint density at radius 1 is 1.30 bits per heavy atom. The highest BCUT2D eigenvalue weighted by molar-refractivity contribution is 6.30. The molecule has 1 aromatic heterocycles. The summed E-state index contributed by atoms with van der Waals surface area (Å²) < 4.78 is 13.0. The number of halogens is 1. The summed E-state index contributed by atoms with van der Waals surface area (Å²) in [5.41, 5.74) is 2.22. The summed E-state index contributed by atoms with van der Waals surface area (Å²) in [6, 6.07) is 7.55. The molecule has 23 heavy (non-hydrogen) atoms. The van der Waals surface area contributed by atoms with E-state index in [-0.39, 0.29) is 6.04 Å². The second kappa shape index (κ2) is 7.29. The van der Waals surface area contributed by atoms with Gasteiger partial charge in [-0.2, -0.15) is 0 Å². The van der Waals surface area contributed by atoms with Crippen molar-refractivity contribution in [1.29, 1.82) is 0 Å². The third kappa shape index (κ3) is 3.65. The molecule has 1 aliphatic heterocycles. The van der Waals surface area contributed by atoms with Crippen molar-refractivity contribution in [2.45, 2.75) is 12.5 Å². The van der Waals surface area contributed by atoms with E-state index in [0.29, 0.717) is 18.2 Å². The topological polar surface area (TPSA) is 52.4 Å². The zero-order valence-electron chi connectivity index (χ0n) is 13.4. The average Bonchev–Trinajstić information content (AvgIpc) is 2.93. The molecule has 1 aromatic carbocycles. The SMILES string of the molecule is COC[C@H]1c2nnn(C)c2CCN1CCOc1ccc(Cl)cc1. The summed E-state index contributed by atoms with van der Waals surface area (Å²) in [7, 11) is 3.65. The lowest BCUT2D eigenvalue weighted by Gasteiger charge is -2.34. The van der Waals surface area contributed by atoms with Crippen LogP contribution in [-0.2, 0) is 18.2 Å². The molecule has 2 heterocycles. The van der Waals surface area contributed by atoms with Gasteiger partial charge in [0.25, 0.3) is 0 Å². The summed E-state index contributed by atoms with van der Waals surface area (Å²) in [5.74, 6) is 0.829. The van der Waals surface area contributed by atoms with Crippen LogP contribution in [-0.4, -0.2) is 53.3 Å². The Balaban J connectivity index is 1.61. The zero-order chi connectivity index (χ0) is 16.2. The highest BCUT2D eigenvalue weighted by Gasteiger charge is 2.31. The predicted octanol–water partition coefficient (Wildman–Crippen LogP) is 2.09. The van der Waals surface area contributed by atoms with Crippen molar-refractivity contribution < 1.29 is 9.47 Å². The number of ether oxygens (including phenoxy) is 2. The minimum absolute atomic E-state index is 0.131. The molecule has 1 aliphatic rings. The van der Waals surface area contributed by atoms with Crippen molar-refractivity contribution in [2.75, 3.05) is 33.4 Å². The van der Waals surface area contributed by atoms with Gasteiger partial charge in [0.15, 0.2) is 0 Å². The Morgan fingerprint density at radius 3 is 2.83 bits per heavy atom. The number of rotatable bonds is 6. The Hall–Kier alpha value is -1.63. The summed E-state index contributed by atoms with van der Waals surface area (Å²) in [5, 5.41) is 9.17. The van der Waals surface area contributed by atoms with Crippen molar-refractivity contribution in [3.05, 3.63) is 40.7 Å². The second-order valence-electron chi connectivity index (χ2n) is 5.60. The van der Waals surface area contributed by atoms with Crippen LogP contribution < -0.4 is 4.74 Å². The molecule has 0 unspecified atom stereocenters. The molecule has 3 rings (SSSR count). The van der Waals surface area contributed by atoms with E-state index >= 15 is 0 Å². The molecular weight excluding hydrogens is 316 g/mol. The van der Waals surface area contributed by atoms with Crippen LogP contribution in [0.1, 0.15) is 17.4 Å². The van der Waals surface area contributed by atoms with Gasteiger partial charge in [0, 0.05) is 38.7 Å². The number of aryl methyl sites for hydroxylation is 1. The first-order chi connectivity index (χ1) is 11.2. The molecule has 0 saturated carbocycles. The zero-order valence-corrected chi connectivity index (χ0v) is 14.2. The lowest BCUT2D eigenvalue weighted by Crippen LogP contribution is -2.40. The van der Waals surface area contributed by atoms with E-state index in [2.05, 4.69) is 15.2 Å². The van der Waals surface area contributed by atoms with E-state index < -0.39 is 0 Å². The fourth-order valence-electron chi connectivity index (χ4n) is 2.94. The van der Waals surface area contributed by atoms with E-state index in [0.717, 1.165) is 31.0 Å². The maximum absolute atomic E-state index is 5.88. The number of hydrogen-bond donors (Lipinski definition) is 0. The molecule has 124 valence electrons. The molecule has 0 amide bonds. The van der Waals surface area contributed by atoms with Crippen molar-refractivity contribution in [3.63, 3.8) is 0 Å². The second-order valence-corrected chi connectivity index (χ2v) is 6.04. The Labute approximate surface area is 140 Å². The number of nitrogens with zero attached hydrogens (tertiary/aromatic N) is 4. The quantitative estimate of drug-likeness (QED) is 0.808. The van der Waals surface area contributed by atoms with Gasteiger partial charge in [-0.05, 0) is 24.3 Å². The van der Waals surface area contributed by atoms with Crippen molar-refractivity contribution in [1.82, 2.24) is 19.9 Å². The van der Waals surface area contributed by atoms with Gasteiger partial charge < -0.3 is 9.47 Å². The molecular formula is C16H21ClN4O2. The van der Waals surface area contributed by atoms with Gasteiger partial charge in [-0.3, -0.25) is 9.58 Å². The maximum Gasteiger partial charge on any atom is 0.119 e. The first-order valence-electron chi connectivity index (χ1n) is 7.69. The molecule has 2 aromatic rings. The number of aromatic nitrogens is 3. The van der Waals surface area contributed by atoms with Gasteiger partial charge >= 0.3 is 0 Å². The molecule has 0 saturated heterocycles. The van der Waals surface area contributed by atoms with Gasteiger partial charge in [-0.1, -0.05) is 16.8 Å². The van der Waals surface area contributed by atoms with E-state index in [4.69, 9.17) is 21.1 Å². The standard InChI is InChI=1S/C16H21ClN4O2/c1-20-14-7-8-21(15(11-22-2)16(14)18-19-20)9-10-23-13-5-3-12(17)4-6-13/h3-6,15H,7-11H2,1-2H3/t15-/m0/s1. The third-order valence-corrected chi connectivity index (χ3v) is 4.40. The van der Waals surface area contributed by atoms with Crippen LogP contribution in [0.2, 0.25) is 5.02 Å². The first kappa shape index (κ1) is 16.2. The molecule has 0 spiro atoms.